The number of hydrogen-bond acceptors (Lipinski definition) is 2. The predicted molar refractivity (Wildman–Crippen MR) is 55.8 cm³/mol. The highest BCUT2D eigenvalue weighted by atomic mass is 127. The number of aromatic nitrogens is 2. The molecule has 2 aromatic heterocycles. The van der Waals surface area contributed by atoms with E-state index in [9.17, 15) is 4.79 Å². The SMILES string of the molecule is O=C(O)c1ccc2cc(I)[nH]c2n1. The first-order valence-corrected chi connectivity index (χ1v) is 4.63. The Morgan fingerprint density at radius 1 is 1.54 bits per heavy atom. The van der Waals surface area contributed by atoms with Crippen LogP contribution >= 0.6 is 22.6 Å². The van der Waals surface area contributed by atoms with Gasteiger partial charge in [0, 0.05) is 5.39 Å². The number of nitrogens with zero attached hydrogens (tertiary/aromatic N) is 1. The van der Waals surface area contributed by atoms with Gasteiger partial charge in [-0.25, -0.2) is 9.78 Å². The molecule has 0 unspecified atom stereocenters. The van der Waals surface area contributed by atoms with E-state index < -0.39 is 5.97 Å². The van der Waals surface area contributed by atoms with Gasteiger partial charge in [0.05, 0.1) is 3.70 Å². The molecule has 13 heavy (non-hydrogen) atoms. The average Bonchev–Trinajstić information content (AvgIpc) is 2.42. The van der Waals surface area contributed by atoms with Crippen LogP contribution in [0.5, 0.6) is 0 Å². The van der Waals surface area contributed by atoms with E-state index in [1.54, 1.807) is 6.07 Å². The molecule has 0 saturated carbocycles. The number of halogens is 1. The number of carboxylic acid groups (broad SMARTS) is 1. The van der Waals surface area contributed by atoms with Crippen LogP contribution in [0.15, 0.2) is 18.2 Å². The molecule has 0 aliphatic rings. The molecule has 0 aliphatic heterocycles. The van der Waals surface area contributed by atoms with Crippen molar-refractivity contribution in [3.05, 3.63) is 27.6 Å². The van der Waals surface area contributed by atoms with Gasteiger partial charge in [-0.15, -0.1) is 0 Å². The largest absolute Gasteiger partial charge is 0.477 e. The first-order valence-electron chi connectivity index (χ1n) is 3.55. The lowest BCUT2D eigenvalue weighted by Crippen LogP contribution is -1.99. The molecule has 0 aromatic carbocycles. The van der Waals surface area contributed by atoms with Gasteiger partial charge in [0.25, 0.3) is 0 Å². The molecule has 0 amide bonds. The summed E-state index contributed by atoms with van der Waals surface area (Å²) in [7, 11) is 0. The maximum absolute atomic E-state index is 10.6. The van der Waals surface area contributed by atoms with Crippen molar-refractivity contribution in [1.82, 2.24) is 9.97 Å². The second kappa shape index (κ2) is 2.99. The average molecular weight is 288 g/mol. The molecule has 0 radical (unpaired) electrons. The quantitative estimate of drug-likeness (QED) is 0.787. The maximum Gasteiger partial charge on any atom is 0.354 e. The van der Waals surface area contributed by atoms with Gasteiger partial charge in [-0.3, -0.25) is 0 Å². The van der Waals surface area contributed by atoms with Gasteiger partial charge in [-0.2, -0.15) is 0 Å². The fourth-order valence-corrected chi connectivity index (χ4v) is 1.68. The molecule has 2 rings (SSSR count). The highest BCUT2D eigenvalue weighted by Crippen LogP contribution is 2.15. The summed E-state index contributed by atoms with van der Waals surface area (Å²) in [5.41, 5.74) is 0.676. The zero-order chi connectivity index (χ0) is 9.42. The summed E-state index contributed by atoms with van der Waals surface area (Å²) in [5.74, 6) is -1.01. The number of nitrogens with one attached hydrogen (secondary N) is 1. The van der Waals surface area contributed by atoms with E-state index >= 15 is 0 Å². The lowest BCUT2D eigenvalue weighted by molar-refractivity contribution is 0.0691. The van der Waals surface area contributed by atoms with Gasteiger partial charge in [0.2, 0.25) is 0 Å². The first-order chi connectivity index (χ1) is 6.16. The molecule has 0 spiro atoms. The van der Waals surface area contributed by atoms with Crippen LogP contribution < -0.4 is 0 Å². The lowest BCUT2D eigenvalue weighted by atomic mass is 10.3. The van der Waals surface area contributed by atoms with Crippen LogP contribution in [-0.2, 0) is 0 Å². The standard InChI is InChI=1S/C8H5IN2O2/c9-6-3-4-1-2-5(8(12)13)10-7(4)11-6/h1-3H,(H,10,11)(H,12,13). The Hall–Kier alpha value is -1.11. The van der Waals surface area contributed by atoms with Gasteiger partial charge in [-0.05, 0) is 40.8 Å². The van der Waals surface area contributed by atoms with Crippen LogP contribution in [0.3, 0.4) is 0 Å². The molecule has 2 N–H and O–H groups in total. The number of aromatic amines is 1. The highest BCUT2D eigenvalue weighted by Gasteiger charge is 2.06. The van der Waals surface area contributed by atoms with Crippen molar-refractivity contribution >= 4 is 39.6 Å². The van der Waals surface area contributed by atoms with E-state index in [4.69, 9.17) is 5.11 Å². The molecule has 0 fully saturated rings. The summed E-state index contributed by atoms with van der Waals surface area (Å²) in [6.07, 6.45) is 0. The fourth-order valence-electron chi connectivity index (χ4n) is 1.09. The molecule has 4 nitrogen and oxygen atoms in total. The van der Waals surface area contributed by atoms with Crippen molar-refractivity contribution in [3.8, 4) is 0 Å². The van der Waals surface area contributed by atoms with Crippen LogP contribution in [0, 0.1) is 3.70 Å². The number of carbonyl (C=O) groups is 1. The molecule has 5 heteroatoms. The smallest absolute Gasteiger partial charge is 0.354 e. The number of aromatic carboxylic acids is 1. The molecule has 0 atom stereocenters. The summed E-state index contributed by atoms with van der Waals surface area (Å²) >= 11 is 2.12. The van der Waals surface area contributed by atoms with E-state index in [2.05, 4.69) is 32.6 Å². The van der Waals surface area contributed by atoms with Crippen molar-refractivity contribution in [1.29, 1.82) is 0 Å². The second-order valence-electron chi connectivity index (χ2n) is 2.56. The second-order valence-corrected chi connectivity index (χ2v) is 3.72. The Balaban J connectivity index is 2.67. The molecule has 2 heterocycles. The van der Waals surface area contributed by atoms with Crippen molar-refractivity contribution in [2.75, 3.05) is 0 Å². The van der Waals surface area contributed by atoms with Crippen LogP contribution in [-0.4, -0.2) is 21.0 Å². The zero-order valence-electron chi connectivity index (χ0n) is 6.41. The van der Waals surface area contributed by atoms with E-state index in [0.717, 1.165) is 9.09 Å². The molecule has 66 valence electrons. The van der Waals surface area contributed by atoms with E-state index in [0.29, 0.717) is 5.65 Å². The summed E-state index contributed by atoms with van der Waals surface area (Å²) in [4.78, 5) is 17.5. The minimum Gasteiger partial charge on any atom is -0.477 e. The lowest BCUT2D eigenvalue weighted by Gasteiger charge is -1.92. The number of H-pyrrole nitrogens is 1. The molecule has 0 saturated heterocycles. The van der Waals surface area contributed by atoms with Crippen molar-refractivity contribution in [3.63, 3.8) is 0 Å². The number of carboxylic acids is 1. The first kappa shape index (κ1) is 8.49. The van der Waals surface area contributed by atoms with Crippen molar-refractivity contribution in [2.45, 2.75) is 0 Å². The molecule has 0 aliphatic carbocycles. The van der Waals surface area contributed by atoms with Crippen molar-refractivity contribution < 1.29 is 9.90 Å². The van der Waals surface area contributed by atoms with Crippen molar-refractivity contribution in [2.24, 2.45) is 0 Å². The third-order valence-electron chi connectivity index (χ3n) is 1.67. The maximum atomic E-state index is 10.6. The summed E-state index contributed by atoms with van der Waals surface area (Å²) in [6, 6.07) is 5.15. The number of pyridine rings is 1. The summed E-state index contributed by atoms with van der Waals surface area (Å²) < 4.78 is 0.947. The van der Waals surface area contributed by atoms with Crippen LogP contribution in [0.1, 0.15) is 10.5 Å². The van der Waals surface area contributed by atoms with Gasteiger partial charge >= 0.3 is 5.97 Å². The third-order valence-corrected chi connectivity index (χ3v) is 2.25. The topological polar surface area (TPSA) is 66.0 Å². The van der Waals surface area contributed by atoms with E-state index in [1.807, 2.05) is 6.07 Å². The van der Waals surface area contributed by atoms with Gasteiger partial charge in [0.15, 0.2) is 5.69 Å². The Labute approximate surface area is 87.1 Å². The minimum absolute atomic E-state index is 0.0609. The Morgan fingerprint density at radius 3 is 3.00 bits per heavy atom. The number of fused-ring (bicyclic) bond motifs is 1. The number of rotatable bonds is 1. The number of hydrogen-bond donors (Lipinski definition) is 2. The van der Waals surface area contributed by atoms with Gasteiger partial charge < -0.3 is 10.1 Å². The Morgan fingerprint density at radius 2 is 2.31 bits per heavy atom. The molecular weight excluding hydrogens is 283 g/mol. The van der Waals surface area contributed by atoms with E-state index in [1.165, 1.54) is 6.07 Å². The summed E-state index contributed by atoms with van der Waals surface area (Å²) in [6.45, 7) is 0. The van der Waals surface area contributed by atoms with E-state index in [-0.39, 0.29) is 5.69 Å². The molecule has 0 bridgehead atoms. The summed E-state index contributed by atoms with van der Waals surface area (Å²) in [5, 5.41) is 9.60. The molecular formula is C8H5IN2O2. The van der Waals surface area contributed by atoms with Crippen LogP contribution in [0.4, 0.5) is 0 Å². The highest BCUT2D eigenvalue weighted by molar-refractivity contribution is 14.1. The Bertz CT molecular complexity index is 478. The van der Waals surface area contributed by atoms with Gasteiger partial charge in [0.1, 0.15) is 5.65 Å². The fraction of sp³-hybridized carbons (Fsp3) is 0. The Kier molecular flexibility index (Phi) is 1.95. The third kappa shape index (κ3) is 1.51. The monoisotopic (exact) mass is 288 g/mol. The predicted octanol–water partition coefficient (Wildman–Crippen LogP) is 1.87. The molecule has 2 aromatic rings. The normalized spacial score (nSPS) is 10.5. The van der Waals surface area contributed by atoms with Crippen LogP contribution in [0.25, 0.3) is 11.0 Å². The van der Waals surface area contributed by atoms with Gasteiger partial charge in [-0.1, -0.05) is 0 Å². The minimum atomic E-state index is -1.01. The van der Waals surface area contributed by atoms with Crippen LogP contribution in [0.2, 0.25) is 0 Å². The zero-order valence-corrected chi connectivity index (χ0v) is 8.57.